The molecule has 0 aromatic heterocycles. The smallest absolute Gasteiger partial charge is 0.254 e. The largest absolute Gasteiger partial charge is 0.385 e. The second-order valence-corrected chi connectivity index (χ2v) is 8.82. The summed E-state index contributed by atoms with van der Waals surface area (Å²) in [5.41, 5.74) is 1.85. The van der Waals surface area contributed by atoms with E-state index in [1.807, 2.05) is 73.6 Å². The molecule has 1 aliphatic rings. The molecule has 1 N–H and O–H groups in total. The molecule has 1 amide bonds. The molecule has 4 rings (SSSR count). The van der Waals surface area contributed by atoms with Gasteiger partial charge in [-0.25, -0.2) is 0 Å². The van der Waals surface area contributed by atoms with Crippen LogP contribution < -0.4 is 4.90 Å². The van der Waals surface area contributed by atoms with Gasteiger partial charge in [0.1, 0.15) is 0 Å². The number of aliphatic hydroxyl groups is 1. The molecular formula is C24H25BrN2O2. The van der Waals surface area contributed by atoms with Crippen LogP contribution in [0.2, 0.25) is 0 Å². The number of rotatable bonds is 3. The summed E-state index contributed by atoms with van der Waals surface area (Å²) in [6.07, 6.45) is 1.07. The summed E-state index contributed by atoms with van der Waals surface area (Å²) in [5.74, 6) is 0.0318. The first kappa shape index (κ1) is 19.9. The second kappa shape index (κ2) is 7.81. The molecule has 0 saturated carbocycles. The van der Waals surface area contributed by atoms with Gasteiger partial charge in [-0.15, -0.1) is 0 Å². The molecule has 0 spiro atoms. The lowest BCUT2D eigenvalue weighted by Gasteiger charge is -2.38. The van der Waals surface area contributed by atoms with Gasteiger partial charge in [-0.3, -0.25) is 4.79 Å². The van der Waals surface area contributed by atoms with E-state index in [-0.39, 0.29) is 5.91 Å². The fraction of sp³-hybridized carbons (Fsp3) is 0.292. The molecule has 1 saturated heterocycles. The highest BCUT2D eigenvalue weighted by molar-refractivity contribution is 9.10. The van der Waals surface area contributed by atoms with E-state index >= 15 is 0 Å². The van der Waals surface area contributed by atoms with Gasteiger partial charge in [-0.2, -0.15) is 0 Å². The zero-order chi connectivity index (χ0) is 20.6. The molecule has 150 valence electrons. The van der Waals surface area contributed by atoms with Gasteiger partial charge in [0.25, 0.3) is 5.91 Å². The van der Waals surface area contributed by atoms with Crippen LogP contribution in [0.5, 0.6) is 0 Å². The van der Waals surface area contributed by atoms with E-state index in [1.54, 1.807) is 0 Å². The molecule has 1 heterocycles. The number of benzene rings is 3. The SMILES string of the molecule is CN(C)c1ccc(C(=O)N2CCC(O)(c3ccc(Br)cc3)CC2)c2ccccc12. The summed E-state index contributed by atoms with van der Waals surface area (Å²) in [5, 5.41) is 13.2. The van der Waals surface area contributed by atoms with Gasteiger partial charge in [0.15, 0.2) is 0 Å². The fourth-order valence-electron chi connectivity index (χ4n) is 4.16. The highest BCUT2D eigenvalue weighted by atomic mass is 79.9. The van der Waals surface area contributed by atoms with E-state index in [1.165, 1.54) is 0 Å². The minimum Gasteiger partial charge on any atom is -0.385 e. The Bertz CT molecular complexity index is 1040. The summed E-state index contributed by atoms with van der Waals surface area (Å²) in [4.78, 5) is 17.2. The van der Waals surface area contributed by atoms with Crippen molar-refractivity contribution in [1.29, 1.82) is 0 Å². The molecule has 3 aromatic rings. The number of anilines is 1. The zero-order valence-corrected chi connectivity index (χ0v) is 18.3. The van der Waals surface area contributed by atoms with E-state index in [9.17, 15) is 9.90 Å². The van der Waals surface area contributed by atoms with Crippen molar-refractivity contribution in [2.45, 2.75) is 18.4 Å². The predicted octanol–water partition coefficient (Wildman–Crippen LogP) is 4.79. The van der Waals surface area contributed by atoms with Gasteiger partial charge in [-0.1, -0.05) is 52.3 Å². The van der Waals surface area contributed by atoms with Gasteiger partial charge < -0.3 is 14.9 Å². The fourth-order valence-corrected chi connectivity index (χ4v) is 4.42. The lowest BCUT2D eigenvalue weighted by molar-refractivity contribution is -0.0211. The van der Waals surface area contributed by atoms with Crippen molar-refractivity contribution < 1.29 is 9.90 Å². The van der Waals surface area contributed by atoms with Crippen molar-refractivity contribution in [2.75, 3.05) is 32.1 Å². The van der Waals surface area contributed by atoms with Crippen molar-refractivity contribution in [3.8, 4) is 0 Å². The number of piperidine rings is 1. The average molecular weight is 453 g/mol. The van der Waals surface area contributed by atoms with Crippen molar-refractivity contribution in [2.24, 2.45) is 0 Å². The summed E-state index contributed by atoms with van der Waals surface area (Å²) < 4.78 is 0.991. The number of amides is 1. The molecule has 5 heteroatoms. The van der Waals surface area contributed by atoms with Crippen LogP contribution in [0.4, 0.5) is 5.69 Å². The second-order valence-electron chi connectivity index (χ2n) is 7.90. The molecular weight excluding hydrogens is 428 g/mol. The lowest BCUT2D eigenvalue weighted by atomic mass is 9.84. The molecule has 1 aliphatic heterocycles. The Morgan fingerprint density at radius 1 is 0.966 bits per heavy atom. The van der Waals surface area contributed by atoms with Crippen molar-refractivity contribution in [1.82, 2.24) is 4.90 Å². The van der Waals surface area contributed by atoms with Crippen molar-refractivity contribution >= 4 is 38.3 Å². The first-order valence-corrected chi connectivity index (χ1v) is 10.7. The molecule has 0 aliphatic carbocycles. The van der Waals surface area contributed by atoms with Crippen LogP contribution in [-0.2, 0) is 5.60 Å². The number of halogens is 1. The maximum Gasteiger partial charge on any atom is 0.254 e. The van der Waals surface area contributed by atoms with E-state index in [0.29, 0.717) is 25.9 Å². The number of hydrogen-bond acceptors (Lipinski definition) is 3. The van der Waals surface area contributed by atoms with Crippen LogP contribution in [0.3, 0.4) is 0 Å². The predicted molar refractivity (Wildman–Crippen MR) is 121 cm³/mol. The van der Waals surface area contributed by atoms with Gasteiger partial charge in [-0.05, 0) is 48.1 Å². The number of nitrogens with zero attached hydrogens (tertiary/aromatic N) is 2. The standard InChI is InChI=1S/C24H25BrN2O2/c1-26(2)22-12-11-21(19-5-3-4-6-20(19)22)23(28)27-15-13-24(29,14-16-27)17-7-9-18(25)10-8-17/h3-12,29H,13-16H2,1-2H3. The Labute approximate surface area is 179 Å². The summed E-state index contributed by atoms with van der Waals surface area (Å²) in [7, 11) is 4.02. The van der Waals surface area contributed by atoms with Crippen LogP contribution >= 0.6 is 15.9 Å². The van der Waals surface area contributed by atoms with E-state index in [4.69, 9.17) is 0 Å². The van der Waals surface area contributed by atoms with E-state index in [2.05, 4.69) is 26.9 Å². The Hall–Kier alpha value is -2.37. The topological polar surface area (TPSA) is 43.8 Å². The van der Waals surface area contributed by atoms with Crippen LogP contribution in [0.1, 0.15) is 28.8 Å². The quantitative estimate of drug-likeness (QED) is 0.620. The summed E-state index contributed by atoms with van der Waals surface area (Å²) in [6, 6.07) is 19.8. The monoisotopic (exact) mass is 452 g/mol. The van der Waals surface area contributed by atoms with Crippen molar-refractivity contribution in [3.63, 3.8) is 0 Å². The van der Waals surface area contributed by atoms with Gasteiger partial charge >= 0.3 is 0 Å². The average Bonchev–Trinajstić information content (AvgIpc) is 2.73. The van der Waals surface area contributed by atoms with Gasteiger partial charge in [0, 0.05) is 48.3 Å². The van der Waals surface area contributed by atoms with E-state index in [0.717, 1.165) is 32.1 Å². The first-order valence-electron chi connectivity index (χ1n) is 9.86. The molecule has 0 atom stereocenters. The Balaban J connectivity index is 1.58. The van der Waals surface area contributed by atoms with Crippen LogP contribution in [0, 0.1) is 0 Å². The number of carbonyl (C=O) groups is 1. The third kappa shape index (κ3) is 3.77. The molecule has 0 bridgehead atoms. The van der Waals surface area contributed by atoms with Gasteiger partial charge in [0.05, 0.1) is 5.60 Å². The number of carbonyl (C=O) groups excluding carboxylic acids is 1. The molecule has 29 heavy (non-hydrogen) atoms. The number of fused-ring (bicyclic) bond motifs is 1. The zero-order valence-electron chi connectivity index (χ0n) is 16.7. The van der Waals surface area contributed by atoms with Gasteiger partial charge in [0.2, 0.25) is 0 Å². The van der Waals surface area contributed by atoms with Crippen molar-refractivity contribution in [3.05, 3.63) is 76.3 Å². The third-order valence-electron chi connectivity index (χ3n) is 5.87. The normalized spacial score (nSPS) is 16.1. The molecule has 4 nitrogen and oxygen atoms in total. The third-order valence-corrected chi connectivity index (χ3v) is 6.40. The maximum atomic E-state index is 13.3. The number of hydrogen-bond donors (Lipinski definition) is 1. The highest BCUT2D eigenvalue weighted by Crippen LogP contribution is 2.35. The lowest BCUT2D eigenvalue weighted by Crippen LogP contribution is -2.45. The molecule has 3 aromatic carbocycles. The summed E-state index contributed by atoms with van der Waals surface area (Å²) in [6.45, 7) is 1.07. The molecule has 0 unspecified atom stereocenters. The Morgan fingerprint density at radius 3 is 2.21 bits per heavy atom. The Kier molecular flexibility index (Phi) is 5.36. The van der Waals surface area contributed by atoms with E-state index < -0.39 is 5.60 Å². The number of likely N-dealkylation sites (tertiary alicyclic amines) is 1. The summed E-state index contributed by atoms with van der Waals surface area (Å²) >= 11 is 3.44. The van der Waals surface area contributed by atoms with Crippen LogP contribution in [-0.4, -0.2) is 43.1 Å². The maximum absolute atomic E-state index is 13.3. The Morgan fingerprint density at radius 2 is 1.59 bits per heavy atom. The highest BCUT2D eigenvalue weighted by Gasteiger charge is 2.35. The minimum atomic E-state index is -0.881. The first-order chi connectivity index (χ1) is 13.9. The minimum absolute atomic E-state index is 0.0318. The molecule has 0 radical (unpaired) electrons. The molecule has 1 fully saturated rings. The van der Waals surface area contributed by atoms with Crippen LogP contribution in [0.15, 0.2) is 65.1 Å². The van der Waals surface area contributed by atoms with Crippen LogP contribution in [0.25, 0.3) is 10.8 Å².